The van der Waals surface area contributed by atoms with Crippen LogP contribution >= 0.6 is 0 Å². The average Bonchev–Trinajstić information content (AvgIpc) is 3.68. The third-order valence-electron chi connectivity index (χ3n) is 6.13. The number of hydrogen-bond donors (Lipinski definition) is 1. The zero-order chi connectivity index (χ0) is 25.1. The first-order chi connectivity index (χ1) is 17.6. The number of carbonyl (C=O) groups excluding carboxylic acids is 1. The fourth-order valence-electron chi connectivity index (χ4n) is 4.17. The van der Waals surface area contributed by atoms with Crippen molar-refractivity contribution in [3.05, 3.63) is 77.7 Å². The maximum atomic E-state index is 13.2. The lowest BCUT2D eigenvalue weighted by molar-refractivity contribution is 0.0950. The van der Waals surface area contributed by atoms with Crippen molar-refractivity contribution < 1.29 is 19.0 Å². The Hall–Kier alpha value is -4.40. The van der Waals surface area contributed by atoms with E-state index in [0.717, 1.165) is 35.4 Å². The van der Waals surface area contributed by atoms with E-state index < -0.39 is 0 Å². The second-order valence-electron chi connectivity index (χ2n) is 8.44. The Morgan fingerprint density at radius 1 is 1.00 bits per heavy atom. The van der Waals surface area contributed by atoms with Crippen LogP contribution in [0, 0.1) is 0 Å². The van der Waals surface area contributed by atoms with Crippen LogP contribution in [0.4, 0.5) is 0 Å². The molecule has 0 spiro atoms. The van der Waals surface area contributed by atoms with Gasteiger partial charge in [-0.15, -0.1) is 0 Å². The molecular weight excluding hydrogens is 458 g/mol. The molecular formula is C27H27N5O4. The Labute approximate surface area is 209 Å². The average molecular weight is 486 g/mol. The highest BCUT2D eigenvalue weighted by Gasteiger charge is 2.33. The lowest BCUT2D eigenvalue weighted by Crippen LogP contribution is -2.24. The smallest absolute Gasteiger partial charge is 0.255 e. The molecule has 5 rings (SSSR count). The molecule has 184 valence electrons. The van der Waals surface area contributed by atoms with Gasteiger partial charge in [-0.1, -0.05) is 18.2 Å². The fraction of sp³-hybridized carbons (Fsp3) is 0.259. The predicted molar refractivity (Wildman–Crippen MR) is 134 cm³/mol. The summed E-state index contributed by atoms with van der Waals surface area (Å²) in [6.45, 7) is 0.342. The summed E-state index contributed by atoms with van der Waals surface area (Å²) in [5.74, 6) is 2.44. The molecule has 9 heteroatoms. The Morgan fingerprint density at radius 3 is 2.53 bits per heavy atom. The second-order valence-corrected chi connectivity index (χ2v) is 8.44. The lowest BCUT2D eigenvalue weighted by atomic mass is 10.1. The van der Waals surface area contributed by atoms with Crippen molar-refractivity contribution in [2.75, 3.05) is 21.3 Å². The number of nitrogens with zero attached hydrogens (tertiary/aromatic N) is 4. The minimum absolute atomic E-state index is 0.196. The zero-order valence-corrected chi connectivity index (χ0v) is 20.4. The number of carbonyl (C=O) groups is 1. The molecule has 1 aliphatic rings. The van der Waals surface area contributed by atoms with Crippen LogP contribution in [0.1, 0.15) is 40.4 Å². The Balaban J connectivity index is 1.41. The normalized spacial score (nSPS) is 12.8. The topological polar surface area (TPSA) is 100 Å². The molecule has 36 heavy (non-hydrogen) atoms. The molecule has 1 saturated carbocycles. The van der Waals surface area contributed by atoms with E-state index in [1.807, 2.05) is 48.5 Å². The lowest BCUT2D eigenvalue weighted by Gasteiger charge is -2.12. The minimum Gasteiger partial charge on any atom is -0.496 e. The van der Waals surface area contributed by atoms with Gasteiger partial charge in [0.2, 0.25) is 0 Å². The van der Waals surface area contributed by atoms with E-state index >= 15 is 0 Å². The fourth-order valence-corrected chi connectivity index (χ4v) is 4.17. The number of ether oxygens (including phenoxy) is 3. The molecule has 0 aliphatic heterocycles. The molecule has 2 heterocycles. The van der Waals surface area contributed by atoms with Crippen LogP contribution in [0.3, 0.4) is 0 Å². The van der Waals surface area contributed by atoms with Crippen molar-refractivity contribution >= 4 is 5.91 Å². The second kappa shape index (κ2) is 10.1. The van der Waals surface area contributed by atoms with Gasteiger partial charge in [-0.2, -0.15) is 5.10 Å². The van der Waals surface area contributed by atoms with Gasteiger partial charge >= 0.3 is 0 Å². The standard InChI is InChI=1S/C27H27N5O4/c1-34-22-7-5-4-6-19(22)21-12-13-28-27(31-21)32-25(18-9-10-18)20(16-30-32)26(33)29-15-17-8-11-23(35-2)24(14-17)36-3/h4-8,11-14,16,18H,9-10,15H2,1-3H3,(H,29,33). The summed E-state index contributed by atoms with van der Waals surface area (Å²) in [5.41, 5.74) is 3.83. The zero-order valence-electron chi connectivity index (χ0n) is 20.4. The maximum absolute atomic E-state index is 13.2. The predicted octanol–water partition coefficient (Wildman–Crippen LogP) is 4.16. The number of rotatable bonds is 9. The van der Waals surface area contributed by atoms with Crippen LogP contribution in [0.5, 0.6) is 17.2 Å². The summed E-state index contributed by atoms with van der Waals surface area (Å²) in [4.78, 5) is 22.4. The van der Waals surface area contributed by atoms with Crippen LogP contribution in [0.25, 0.3) is 17.2 Å². The van der Waals surface area contributed by atoms with Crippen molar-refractivity contribution in [3.63, 3.8) is 0 Å². The van der Waals surface area contributed by atoms with Gasteiger partial charge < -0.3 is 19.5 Å². The first-order valence-electron chi connectivity index (χ1n) is 11.7. The number of aromatic nitrogens is 4. The molecule has 0 unspecified atom stereocenters. The number of hydrogen-bond acceptors (Lipinski definition) is 7. The van der Waals surface area contributed by atoms with Crippen molar-refractivity contribution in [2.24, 2.45) is 0 Å². The van der Waals surface area contributed by atoms with Crippen molar-refractivity contribution in [1.82, 2.24) is 25.1 Å². The van der Waals surface area contributed by atoms with Gasteiger partial charge in [0.15, 0.2) is 11.5 Å². The van der Waals surface area contributed by atoms with Gasteiger partial charge in [0.1, 0.15) is 5.75 Å². The summed E-state index contributed by atoms with van der Waals surface area (Å²) in [7, 11) is 4.81. The first kappa shape index (κ1) is 23.3. The number of benzene rings is 2. The molecule has 4 aromatic rings. The van der Waals surface area contributed by atoms with E-state index in [1.54, 1.807) is 38.4 Å². The highest BCUT2D eigenvalue weighted by atomic mass is 16.5. The maximum Gasteiger partial charge on any atom is 0.255 e. The van der Waals surface area contributed by atoms with E-state index in [2.05, 4.69) is 15.4 Å². The monoisotopic (exact) mass is 485 g/mol. The summed E-state index contributed by atoms with van der Waals surface area (Å²) in [6, 6.07) is 15.1. The quantitative estimate of drug-likeness (QED) is 0.380. The molecule has 0 bridgehead atoms. The Kier molecular flexibility index (Phi) is 6.53. The number of methoxy groups -OCH3 is 3. The van der Waals surface area contributed by atoms with Gasteiger partial charge in [-0.05, 0) is 48.7 Å². The highest BCUT2D eigenvalue weighted by molar-refractivity contribution is 5.95. The third-order valence-corrected chi connectivity index (χ3v) is 6.13. The number of nitrogens with one attached hydrogen (secondary N) is 1. The van der Waals surface area contributed by atoms with Gasteiger partial charge in [0.25, 0.3) is 11.9 Å². The van der Waals surface area contributed by atoms with Crippen molar-refractivity contribution in [2.45, 2.75) is 25.3 Å². The van der Waals surface area contributed by atoms with Gasteiger partial charge in [0.05, 0.1) is 44.5 Å². The third kappa shape index (κ3) is 4.59. The summed E-state index contributed by atoms with van der Waals surface area (Å²) >= 11 is 0. The van der Waals surface area contributed by atoms with Crippen molar-refractivity contribution in [1.29, 1.82) is 0 Å². The molecule has 0 radical (unpaired) electrons. The largest absolute Gasteiger partial charge is 0.496 e. The van der Waals surface area contributed by atoms with E-state index in [1.165, 1.54) is 0 Å². The van der Waals surface area contributed by atoms with E-state index in [4.69, 9.17) is 19.2 Å². The van der Waals surface area contributed by atoms with Gasteiger partial charge in [-0.25, -0.2) is 14.6 Å². The molecule has 0 saturated heterocycles. The van der Waals surface area contributed by atoms with Crippen LogP contribution in [-0.4, -0.2) is 47.0 Å². The first-order valence-corrected chi connectivity index (χ1v) is 11.7. The Bertz CT molecular complexity index is 1400. The number of amides is 1. The summed E-state index contributed by atoms with van der Waals surface area (Å²) < 4.78 is 17.8. The minimum atomic E-state index is -0.196. The molecule has 1 N–H and O–H groups in total. The van der Waals surface area contributed by atoms with Crippen molar-refractivity contribution in [3.8, 4) is 34.5 Å². The molecule has 1 aliphatic carbocycles. The van der Waals surface area contributed by atoms with Crippen LogP contribution in [-0.2, 0) is 6.54 Å². The SMILES string of the molecule is COc1ccc(CNC(=O)c2cnn(-c3nccc(-c4ccccc4OC)n3)c2C2CC2)cc1OC. The van der Waals surface area contributed by atoms with Crippen LogP contribution in [0.2, 0.25) is 0 Å². The number of para-hydroxylation sites is 1. The van der Waals surface area contributed by atoms with Gasteiger partial charge in [0, 0.05) is 24.2 Å². The molecule has 2 aromatic heterocycles. The van der Waals surface area contributed by atoms with Crippen LogP contribution < -0.4 is 19.5 Å². The van der Waals surface area contributed by atoms with E-state index in [0.29, 0.717) is 35.2 Å². The molecule has 9 nitrogen and oxygen atoms in total. The molecule has 1 amide bonds. The molecule has 0 atom stereocenters. The van der Waals surface area contributed by atoms with Crippen LogP contribution in [0.15, 0.2) is 60.9 Å². The van der Waals surface area contributed by atoms with Gasteiger partial charge in [-0.3, -0.25) is 4.79 Å². The van der Waals surface area contributed by atoms with E-state index in [-0.39, 0.29) is 11.8 Å². The Morgan fingerprint density at radius 2 is 1.78 bits per heavy atom. The molecule has 2 aromatic carbocycles. The van der Waals surface area contributed by atoms with E-state index in [9.17, 15) is 4.79 Å². The molecule has 1 fully saturated rings. The highest BCUT2D eigenvalue weighted by Crippen LogP contribution is 2.42. The summed E-state index contributed by atoms with van der Waals surface area (Å²) in [6.07, 6.45) is 5.28. The summed E-state index contributed by atoms with van der Waals surface area (Å²) in [5, 5.41) is 7.51.